The molecular formula is C17H13F5N2O3S. The van der Waals surface area contributed by atoms with E-state index in [4.69, 9.17) is 5.73 Å². The number of alkyl halides is 5. The maximum atomic E-state index is 12.6. The van der Waals surface area contributed by atoms with E-state index in [0.717, 1.165) is 24.3 Å². The molecule has 0 spiro atoms. The lowest BCUT2D eigenvalue weighted by Crippen LogP contribution is -2.39. The Bertz CT molecular complexity index is 826. The van der Waals surface area contributed by atoms with E-state index in [1.165, 1.54) is 24.3 Å². The minimum Gasteiger partial charge on any atom is -0.399 e. The minimum atomic E-state index is -5.33. The number of rotatable bonds is 5. The highest BCUT2D eigenvalue weighted by atomic mass is 32.2. The zero-order valence-electron chi connectivity index (χ0n) is 14.0. The lowest BCUT2D eigenvalue weighted by Gasteiger charge is -2.22. The van der Waals surface area contributed by atoms with Crippen LogP contribution in [0.25, 0.3) is 0 Å². The first-order valence-electron chi connectivity index (χ1n) is 7.57. The number of hydroxylamine groups is 1. The van der Waals surface area contributed by atoms with Crippen molar-refractivity contribution >= 4 is 35.0 Å². The Morgan fingerprint density at radius 2 is 1.61 bits per heavy atom. The summed E-state index contributed by atoms with van der Waals surface area (Å²) in [6, 6.07) is 10.5. The SMILES string of the molecule is Nc1ccc(CC(=O)N(OC(=O)C(F)(F)F)c2ccc(SC(F)F)cc2)cc1. The van der Waals surface area contributed by atoms with Crippen molar-refractivity contribution < 1.29 is 36.4 Å². The minimum absolute atomic E-state index is 0.117. The molecule has 2 aromatic rings. The molecule has 11 heteroatoms. The van der Waals surface area contributed by atoms with Crippen LogP contribution in [0.5, 0.6) is 0 Å². The van der Waals surface area contributed by atoms with E-state index in [-0.39, 0.29) is 33.8 Å². The van der Waals surface area contributed by atoms with Gasteiger partial charge in [-0.1, -0.05) is 23.9 Å². The summed E-state index contributed by atoms with van der Waals surface area (Å²) in [7, 11) is 0. The Morgan fingerprint density at radius 1 is 1.04 bits per heavy atom. The molecule has 2 aromatic carbocycles. The van der Waals surface area contributed by atoms with Crippen LogP contribution in [0.15, 0.2) is 53.4 Å². The zero-order valence-corrected chi connectivity index (χ0v) is 14.8. The molecule has 0 radical (unpaired) electrons. The number of halogens is 5. The van der Waals surface area contributed by atoms with Crippen LogP contribution in [0.2, 0.25) is 0 Å². The highest BCUT2D eigenvalue weighted by molar-refractivity contribution is 7.99. The van der Waals surface area contributed by atoms with Crippen molar-refractivity contribution in [3.63, 3.8) is 0 Å². The number of carbonyl (C=O) groups excluding carboxylic acids is 2. The van der Waals surface area contributed by atoms with E-state index in [2.05, 4.69) is 4.84 Å². The molecule has 0 aromatic heterocycles. The molecule has 150 valence electrons. The number of nitrogens with zero attached hydrogens (tertiary/aromatic N) is 1. The van der Waals surface area contributed by atoms with E-state index >= 15 is 0 Å². The molecule has 0 aliphatic heterocycles. The second kappa shape index (κ2) is 8.91. The van der Waals surface area contributed by atoms with E-state index < -0.39 is 23.8 Å². The average Bonchev–Trinajstić information content (AvgIpc) is 2.61. The van der Waals surface area contributed by atoms with Gasteiger partial charge in [-0.3, -0.25) is 4.79 Å². The number of hydrogen-bond acceptors (Lipinski definition) is 5. The van der Waals surface area contributed by atoms with Crippen LogP contribution in [0.3, 0.4) is 0 Å². The smallest absolute Gasteiger partial charge is 0.399 e. The van der Waals surface area contributed by atoms with Crippen LogP contribution in [-0.4, -0.2) is 23.8 Å². The third kappa shape index (κ3) is 6.12. The van der Waals surface area contributed by atoms with Gasteiger partial charge < -0.3 is 10.6 Å². The van der Waals surface area contributed by atoms with Gasteiger partial charge in [0.15, 0.2) is 0 Å². The third-order valence-electron chi connectivity index (χ3n) is 3.26. The van der Waals surface area contributed by atoms with Gasteiger partial charge in [-0.05, 0) is 42.0 Å². The summed E-state index contributed by atoms with van der Waals surface area (Å²) in [5.74, 6) is -6.27. The van der Waals surface area contributed by atoms with Crippen molar-refractivity contribution in [1.82, 2.24) is 0 Å². The molecule has 2 N–H and O–H groups in total. The molecular weight excluding hydrogens is 407 g/mol. The fourth-order valence-electron chi connectivity index (χ4n) is 2.03. The fraction of sp³-hybridized carbons (Fsp3) is 0.176. The van der Waals surface area contributed by atoms with Crippen LogP contribution in [0.1, 0.15) is 5.56 Å². The lowest BCUT2D eigenvalue weighted by molar-refractivity contribution is -0.201. The summed E-state index contributed by atoms with van der Waals surface area (Å²) in [6.45, 7) is 0. The maximum Gasteiger partial charge on any atom is 0.493 e. The van der Waals surface area contributed by atoms with E-state index in [1.54, 1.807) is 0 Å². The number of benzene rings is 2. The third-order valence-corrected chi connectivity index (χ3v) is 3.99. The van der Waals surface area contributed by atoms with E-state index in [1.807, 2.05) is 0 Å². The van der Waals surface area contributed by atoms with Crippen molar-refractivity contribution in [2.75, 3.05) is 10.8 Å². The number of amides is 1. The molecule has 0 saturated heterocycles. The second-order valence-electron chi connectivity index (χ2n) is 5.36. The highest BCUT2D eigenvalue weighted by Crippen LogP contribution is 2.28. The number of nitrogens with two attached hydrogens (primary N) is 1. The summed E-state index contributed by atoms with van der Waals surface area (Å²) in [6.07, 6.45) is -5.72. The summed E-state index contributed by atoms with van der Waals surface area (Å²) >= 11 is 0.213. The Kier molecular flexibility index (Phi) is 6.84. The standard InChI is InChI=1S/C17H13F5N2O3S/c18-16(19)28-13-7-5-12(6-8-13)24(27-15(26)17(20,21)22)14(25)9-10-1-3-11(23)4-2-10/h1-8,16H,9,23H2. The number of thioether (sulfide) groups is 1. The summed E-state index contributed by atoms with van der Waals surface area (Å²) in [4.78, 5) is 28.0. The molecule has 0 heterocycles. The molecule has 2 rings (SSSR count). The average molecular weight is 420 g/mol. The first kappa shape index (κ1) is 21.5. The first-order chi connectivity index (χ1) is 13.1. The summed E-state index contributed by atoms with van der Waals surface area (Å²) in [5.41, 5.74) is 6.13. The predicted octanol–water partition coefficient (Wildman–Crippen LogP) is 4.18. The monoisotopic (exact) mass is 420 g/mol. The molecule has 0 atom stereocenters. The second-order valence-corrected chi connectivity index (χ2v) is 6.42. The van der Waals surface area contributed by atoms with E-state index in [9.17, 15) is 31.5 Å². The van der Waals surface area contributed by atoms with Gasteiger partial charge in [0.25, 0.3) is 11.7 Å². The lowest BCUT2D eigenvalue weighted by atomic mass is 10.1. The van der Waals surface area contributed by atoms with Gasteiger partial charge in [0.1, 0.15) is 0 Å². The molecule has 0 fully saturated rings. The Morgan fingerprint density at radius 3 is 2.11 bits per heavy atom. The van der Waals surface area contributed by atoms with Crippen LogP contribution in [0, 0.1) is 0 Å². The van der Waals surface area contributed by atoms with Crippen molar-refractivity contribution in [2.45, 2.75) is 23.3 Å². The topological polar surface area (TPSA) is 72.6 Å². The Balaban J connectivity index is 2.26. The molecule has 1 amide bonds. The first-order valence-corrected chi connectivity index (χ1v) is 8.45. The van der Waals surface area contributed by atoms with Crippen LogP contribution in [0.4, 0.5) is 33.3 Å². The molecule has 0 aliphatic rings. The summed E-state index contributed by atoms with van der Waals surface area (Å²) < 4.78 is 62.4. The van der Waals surface area contributed by atoms with Crippen molar-refractivity contribution in [2.24, 2.45) is 0 Å². The number of nitrogen functional groups attached to an aromatic ring is 1. The zero-order chi connectivity index (χ0) is 20.9. The molecule has 28 heavy (non-hydrogen) atoms. The van der Waals surface area contributed by atoms with Gasteiger partial charge in [0, 0.05) is 10.6 Å². The van der Waals surface area contributed by atoms with Gasteiger partial charge in [0.05, 0.1) is 12.1 Å². The van der Waals surface area contributed by atoms with Gasteiger partial charge in [-0.15, -0.1) is 5.06 Å². The largest absolute Gasteiger partial charge is 0.493 e. The molecule has 5 nitrogen and oxygen atoms in total. The molecule has 0 saturated carbocycles. The molecule has 0 unspecified atom stereocenters. The Hall–Kier alpha value is -2.82. The fourth-order valence-corrected chi connectivity index (χ4v) is 2.53. The van der Waals surface area contributed by atoms with Gasteiger partial charge in [0.2, 0.25) is 0 Å². The number of anilines is 2. The highest BCUT2D eigenvalue weighted by Gasteiger charge is 2.43. The van der Waals surface area contributed by atoms with Crippen LogP contribution < -0.4 is 10.8 Å². The Labute approximate surface area is 160 Å². The van der Waals surface area contributed by atoms with Crippen LogP contribution in [-0.2, 0) is 20.8 Å². The van der Waals surface area contributed by atoms with Gasteiger partial charge >= 0.3 is 12.1 Å². The normalized spacial score (nSPS) is 11.4. The van der Waals surface area contributed by atoms with Gasteiger partial charge in [-0.2, -0.15) is 22.0 Å². The predicted molar refractivity (Wildman–Crippen MR) is 92.5 cm³/mol. The van der Waals surface area contributed by atoms with Crippen molar-refractivity contribution in [1.29, 1.82) is 0 Å². The molecule has 0 bridgehead atoms. The maximum absolute atomic E-state index is 12.6. The quantitative estimate of drug-likeness (QED) is 0.340. The van der Waals surface area contributed by atoms with Gasteiger partial charge in [-0.25, -0.2) is 4.79 Å². The van der Waals surface area contributed by atoms with Crippen LogP contribution >= 0.6 is 11.8 Å². The van der Waals surface area contributed by atoms with Crippen molar-refractivity contribution in [3.8, 4) is 0 Å². The number of hydrogen-bond donors (Lipinski definition) is 1. The van der Waals surface area contributed by atoms with E-state index in [0.29, 0.717) is 11.3 Å². The van der Waals surface area contributed by atoms with Crippen molar-refractivity contribution in [3.05, 3.63) is 54.1 Å². The summed E-state index contributed by atoms with van der Waals surface area (Å²) in [5, 5.41) is 0.184. The molecule has 0 aliphatic carbocycles. The number of carbonyl (C=O) groups is 2.